The quantitative estimate of drug-likeness (QED) is 0.603. The summed E-state index contributed by atoms with van der Waals surface area (Å²) in [5, 5.41) is -0.317. The number of alkyl halides is 1. The number of halogens is 3. The molecule has 0 radical (unpaired) electrons. The summed E-state index contributed by atoms with van der Waals surface area (Å²) >= 11 is 13.6. The van der Waals surface area contributed by atoms with Crippen LogP contribution < -0.4 is 9.47 Å². The molecule has 0 bridgehead atoms. The third-order valence-electron chi connectivity index (χ3n) is 2.94. The molecule has 1 unspecified atom stereocenters. The van der Waals surface area contributed by atoms with Crippen LogP contribution in [0.25, 0.3) is 0 Å². The van der Waals surface area contributed by atoms with Crippen LogP contribution in [-0.2, 0) is 0 Å². The molecule has 2 nitrogen and oxygen atoms in total. The zero-order valence-electron chi connectivity index (χ0n) is 11.0. The van der Waals surface area contributed by atoms with E-state index >= 15 is 0 Å². The van der Waals surface area contributed by atoms with Crippen LogP contribution >= 0.6 is 43.5 Å². The first kappa shape index (κ1) is 15.7. The lowest BCUT2D eigenvalue weighted by Crippen LogP contribution is -1.99. The van der Waals surface area contributed by atoms with Crippen LogP contribution in [0.15, 0.2) is 45.3 Å². The lowest BCUT2D eigenvalue weighted by Gasteiger charge is -2.17. The maximum absolute atomic E-state index is 6.62. The van der Waals surface area contributed by atoms with Crippen LogP contribution in [-0.4, -0.2) is 14.2 Å². The molecule has 0 saturated heterocycles. The molecule has 106 valence electrons. The molecule has 2 aromatic carbocycles. The SMILES string of the molecule is COc1ccc(C(Cl)c2cc(Br)ccc2Br)c(OC)c1. The summed E-state index contributed by atoms with van der Waals surface area (Å²) < 4.78 is 12.5. The van der Waals surface area contributed by atoms with Crippen LogP contribution in [0.1, 0.15) is 16.5 Å². The van der Waals surface area contributed by atoms with Gasteiger partial charge in [-0.05, 0) is 35.9 Å². The standard InChI is InChI=1S/C15H13Br2ClO2/c1-19-10-4-5-11(14(8-10)20-2)15(18)12-7-9(16)3-6-13(12)17/h3-8,15H,1-2H3. The number of hydrogen-bond acceptors (Lipinski definition) is 2. The number of hydrogen-bond donors (Lipinski definition) is 0. The van der Waals surface area contributed by atoms with Gasteiger partial charge in [0.2, 0.25) is 0 Å². The molecular formula is C15H13Br2ClO2. The lowest BCUT2D eigenvalue weighted by atomic mass is 10.0. The lowest BCUT2D eigenvalue weighted by molar-refractivity contribution is 0.391. The maximum atomic E-state index is 6.62. The monoisotopic (exact) mass is 418 g/mol. The Morgan fingerprint density at radius 3 is 2.35 bits per heavy atom. The van der Waals surface area contributed by atoms with Crippen molar-refractivity contribution in [3.8, 4) is 11.5 Å². The van der Waals surface area contributed by atoms with E-state index in [-0.39, 0.29) is 5.38 Å². The summed E-state index contributed by atoms with van der Waals surface area (Å²) in [6, 6.07) is 11.5. The average molecular weight is 421 g/mol. The Labute approximate surface area is 140 Å². The van der Waals surface area contributed by atoms with Crippen molar-refractivity contribution >= 4 is 43.5 Å². The number of rotatable bonds is 4. The van der Waals surface area contributed by atoms with E-state index in [1.807, 2.05) is 36.4 Å². The van der Waals surface area contributed by atoms with E-state index < -0.39 is 0 Å². The van der Waals surface area contributed by atoms with Crippen LogP contribution in [0.2, 0.25) is 0 Å². The van der Waals surface area contributed by atoms with Gasteiger partial charge in [0.1, 0.15) is 11.5 Å². The van der Waals surface area contributed by atoms with E-state index in [0.29, 0.717) is 5.75 Å². The number of methoxy groups -OCH3 is 2. The Morgan fingerprint density at radius 1 is 0.950 bits per heavy atom. The molecule has 2 aromatic rings. The Kier molecular flexibility index (Phi) is 5.35. The zero-order chi connectivity index (χ0) is 14.7. The topological polar surface area (TPSA) is 18.5 Å². The summed E-state index contributed by atoms with van der Waals surface area (Å²) in [6.07, 6.45) is 0. The molecule has 0 aliphatic heterocycles. The molecule has 1 atom stereocenters. The van der Waals surface area contributed by atoms with Gasteiger partial charge in [-0.1, -0.05) is 31.9 Å². The fourth-order valence-electron chi connectivity index (χ4n) is 1.90. The highest BCUT2D eigenvalue weighted by atomic mass is 79.9. The first-order chi connectivity index (χ1) is 9.56. The summed E-state index contributed by atoms with van der Waals surface area (Å²) in [5.74, 6) is 1.44. The molecule has 0 N–H and O–H groups in total. The largest absolute Gasteiger partial charge is 0.497 e. The molecule has 0 heterocycles. The molecule has 0 saturated carbocycles. The van der Waals surface area contributed by atoms with Gasteiger partial charge in [-0.2, -0.15) is 0 Å². The first-order valence-electron chi connectivity index (χ1n) is 5.87. The summed E-state index contributed by atoms with van der Waals surface area (Å²) in [4.78, 5) is 0. The predicted octanol–water partition coefficient (Wildman–Crippen LogP) is 5.56. The first-order valence-corrected chi connectivity index (χ1v) is 7.90. The Hall–Kier alpha value is -0.710. The second kappa shape index (κ2) is 6.83. The van der Waals surface area contributed by atoms with E-state index in [2.05, 4.69) is 31.9 Å². The van der Waals surface area contributed by atoms with Crippen molar-refractivity contribution in [3.05, 3.63) is 56.5 Å². The van der Waals surface area contributed by atoms with Crippen LogP contribution in [0.5, 0.6) is 11.5 Å². The maximum Gasteiger partial charge on any atom is 0.127 e. The Morgan fingerprint density at radius 2 is 1.70 bits per heavy atom. The van der Waals surface area contributed by atoms with Crippen molar-refractivity contribution in [3.63, 3.8) is 0 Å². The fourth-order valence-corrected chi connectivity index (χ4v) is 3.25. The van der Waals surface area contributed by atoms with Gasteiger partial charge in [0, 0.05) is 20.6 Å². The fraction of sp³-hybridized carbons (Fsp3) is 0.200. The normalized spacial score (nSPS) is 12.1. The van der Waals surface area contributed by atoms with Gasteiger partial charge < -0.3 is 9.47 Å². The van der Waals surface area contributed by atoms with Gasteiger partial charge in [-0.25, -0.2) is 0 Å². The molecule has 5 heteroatoms. The molecule has 0 spiro atoms. The Bertz CT molecular complexity index is 617. The minimum Gasteiger partial charge on any atom is -0.497 e. The molecule has 0 aliphatic carbocycles. The minimum atomic E-state index is -0.317. The number of benzene rings is 2. The molecule has 0 amide bonds. The van der Waals surface area contributed by atoms with Gasteiger partial charge in [0.05, 0.1) is 19.6 Å². The van der Waals surface area contributed by atoms with Gasteiger partial charge >= 0.3 is 0 Å². The van der Waals surface area contributed by atoms with Crippen molar-refractivity contribution < 1.29 is 9.47 Å². The summed E-state index contributed by atoms with van der Waals surface area (Å²) in [7, 11) is 3.25. The smallest absolute Gasteiger partial charge is 0.127 e. The molecule has 0 fully saturated rings. The van der Waals surface area contributed by atoms with Crippen LogP contribution in [0, 0.1) is 0 Å². The second-order valence-corrected chi connectivity index (χ2v) is 6.34. The molecular weight excluding hydrogens is 407 g/mol. The van der Waals surface area contributed by atoms with Crippen molar-refractivity contribution in [1.29, 1.82) is 0 Å². The average Bonchev–Trinajstić information content (AvgIpc) is 2.48. The third kappa shape index (κ3) is 3.30. The van der Waals surface area contributed by atoms with E-state index in [4.69, 9.17) is 21.1 Å². The van der Waals surface area contributed by atoms with E-state index in [1.165, 1.54) is 0 Å². The van der Waals surface area contributed by atoms with Crippen molar-refractivity contribution in [1.82, 2.24) is 0 Å². The van der Waals surface area contributed by atoms with Gasteiger partial charge in [0.25, 0.3) is 0 Å². The Balaban J connectivity index is 2.47. The highest BCUT2D eigenvalue weighted by Crippen LogP contribution is 2.40. The molecule has 2 rings (SSSR count). The van der Waals surface area contributed by atoms with Crippen molar-refractivity contribution in [2.24, 2.45) is 0 Å². The van der Waals surface area contributed by atoms with Gasteiger partial charge in [-0.15, -0.1) is 11.6 Å². The summed E-state index contributed by atoms with van der Waals surface area (Å²) in [5.41, 5.74) is 1.87. The van der Waals surface area contributed by atoms with Crippen molar-refractivity contribution in [2.45, 2.75) is 5.38 Å². The van der Waals surface area contributed by atoms with Crippen LogP contribution in [0.3, 0.4) is 0 Å². The highest BCUT2D eigenvalue weighted by Gasteiger charge is 2.19. The van der Waals surface area contributed by atoms with E-state index in [1.54, 1.807) is 14.2 Å². The zero-order valence-corrected chi connectivity index (χ0v) is 14.9. The van der Waals surface area contributed by atoms with Crippen LogP contribution in [0.4, 0.5) is 0 Å². The molecule has 0 aromatic heterocycles. The minimum absolute atomic E-state index is 0.317. The predicted molar refractivity (Wildman–Crippen MR) is 89.1 cm³/mol. The van der Waals surface area contributed by atoms with E-state index in [0.717, 1.165) is 25.8 Å². The van der Waals surface area contributed by atoms with Crippen molar-refractivity contribution in [2.75, 3.05) is 14.2 Å². The molecule has 0 aliphatic rings. The molecule has 20 heavy (non-hydrogen) atoms. The second-order valence-electron chi connectivity index (χ2n) is 4.14. The third-order valence-corrected chi connectivity index (χ3v) is 4.63. The number of ether oxygens (including phenoxy) is 2. The summed E-state index contributed by atoms with van der Waals surface area (Å²) in [6.45, 7) is 0. The van der Waals surface area contributed by atoms with E-state index in [9.17, 15) is 0 Å². The van der Waals surface area contributed by atoms with Gasteiger partial charge in [-0.3, -0.25) is 0 Å². The van der Waals surface area contributed by atoms with Gasteiger partial charge in [0.15, 0.2) is 0 Å². The highest BCUT2D eigenvalue weighted by molar-refractivity contribution is 9.11.